The lowest BCUT2D eigenvalue weighted by molar-refractivity contribution is 0.112. The van der Waals surface area contributed by atoms with Crippen LogP contribution in [0.15, 0.2) is 18.2 Å². The molecule has 0 spiro atoms. The molecule has 1 atom stereocenters. The van der Waals surface area contributed by atoms with E-state index in [1.165, 1.54) is 24.0 Å². The maximum absolute atomic E-state index is 10.8. The number of pyridine rings is 1. The topological polar surface area (TPSA) is 80.9 Å². The molecule has 2 aromatic rings. The fraction of sp³-hybridized carbons (Fsp3) is 0.471. The third-order valence-electron chi connectivity index (χ3n) is 3.43. The minimum atomic E-state index is 0.357. The zero-order valence-corrected chi connectivity index (χ0v) is 15.1. The molecule has 2 aromatic heterocycles. The molecule has 3 N–H and O–H groups in total. The molecule has 0 aliphatic heterocycles. The lowest BCUT2D eigenvalue weighted by atomic mass is 10.0. The van der Waals surface area contributed by atoms with Crippen LogP contribution < -0.4 is 11.1 Å². The average molecular weight is 334 g/mol. The summed E-state index contributed by atoms with van der Waals surface area (Å²) in [6, 6.07) is 4.31. The highest BCUT2D eigenvalue weighted by molar-refractivity contribution is 7.19. The number of rotatable bonds is 7. The molecule has 126 valence electrons. The van der Waals surface area contributed by atoms with Crippen molar-refractivity contribution in [1.82, 2.24) is 15.3 Å². The number of fused-ring (bicyclic) bond motifs is 1. The van der Waals surface area contributed by atoms with Crippen molar-refractivity contribution in [2.24, 2.45) is 5.73 Å². The van der Waals surface area contributed by atoms with Crippen molar-refractivity contribution >= 4 is 33.5 Å². The summed E-state index contributed by atoms with van der Waals surface area (Å²) in [7, 11) is 3.48. The number of allylic oxidation sites excluding steroid dienone is 1. The molecule has 6 heteroatoms. The highest BCUT2D eigenvalue weighted by Crippen LogP contribution is 2.25. The van der Waals surface area contributed by atoms with Crippen molar-refractivity contribution in [3.63, 3.8) is 0 Å². The van der Waals surface area contributed by atoms with Crippen LogP contribution in [0.2, 0.25) is 0 Å². The van der Waals surface area contributed by atoms with E-state index in [2.05, 4.69) is 40.9 Å². The fourth-order valence-corrected chi connectivity index (χ4v) is 3.03. The van der Waals surface area contributed by atoms with Crippen LogP contribution >= 0.6 is 11.3 Å². The van der Waals surface area contributed by atoms with E-state index < -0.39 is 0 Å². The summed E-state index contributed by atoms with van der Waals surface area (Å²) in [5, 5.41) is 3.78. The Hall–Kier alpha value is -1.63. The minimum absolute atomic E-state index is 0.357. The van der Waals surface area contributed by atoms with Crippen LogP contribution in [0, 0.1) is 0 Å². The first kappa shape index (κ1) is 19.4. The van der Waals surface area contributed by atoms with Crippen LogP contribution in [0.1, 0.15) is 48.6 Å². The van der Waals surface area contributed by atoms with E-state index in [4.69, 9.17) is 0 Å². The summed E-state index contributed by atoms with van der Waals surface area (Å²) in [4.78, 5) is 20.6. The number of aldehydes is 1. The maximum Gasteiger partial charge on any atom is 0.178 e. The van der Waals surface area contributed by atoms with E-state index in [-0.39, 0.29) is 0 Å². The molecule has 0 radical (unpaired) electrons. The van der Waals surface area contributed by atoms with Gasteiger partial charge in [-0.05, 0) is 44.6 Å². The second kappa shape index (κ2) is 10.2. The summed E-state index contributed by atoms with van der Waals surface area (Å²) >= 11 is 1.34. The van der Waals surface area contributed by atoms with Crippen LogP contribution in [-0.2, 0) is 0 Å². The predicted octanol–water partition coefficient (Wildman–Crippen LogP) is 3.26. The second-order valence-electron chi connectivity index (χ2n) is 4.94. The number of likely N-dealkylation sites (N-methyl/N-ethyl adjacent to an activating group) is 1. The van der Waals surface area contributed by atoms with Crippen molar-refractivity contribution in [2.45, 2.75) is 39.2 Å². The molecule has 0 aliphatic carbocycles. The van der Waals surface area contributed by atoms with E-state index >= 15 is 0 Å². The number of nitrogens with one attached hydrogen (secondary N) is 1. The molecule has 0 amide bonds. The molecule has 2 heterocycles. The zero-order valence-electron chi connectivity index (χ0n) is 14.3. The van der Waals surface area contributed by atoms with Gasteiger partial charge in [-0.1, -0.05) is 37.7 Å². The monoisotopic (exact) mass is 334 g/mol. The highest BCUT2D eigenvalue weighted by Gasteiger charge is 2.10. The number of carbonyl (C=O) groups is 1. The first-order chi connectivity index (χ1) is 11.2. The Labute approximate surface area is 142 Å². The maximum atomic E-state index is 10.8. The van der Waals surface area contributed by atoms with Gasteiger partial charge >= 0.3 is 0 Å². The van der Waals surface area contributed by atoms with Crippen LogP contribution in [0.25, 0.3) is 15.9 Å². The van der Waals surface area contributed by atoms with Gasteiger partial charge in [-0.25, -0.2) is 9.97 Å². The van der Waals surface area contributed by atoms with Crippen LogP contribution in [0.5, 0.6) is 0 Å². The number of carbonyl (C=O) groups excluding carboxylic acids is 1. The molecule has 1 unspecified atom stereocenters. The van der Waals surface area contributed by atoms with E-state index in [0.717, 1.165) is 41.6 Å². The highest BCUT2D eigenvalue weighted by atomic mass is 32.1. The van der Waals surface area contributed by atoms with Crippen molar-refractivity contribution in [2.75, 3.05) is 14.1 Å². The summed E-state index contributed by atoms with van der Waals surface area (Å²) < 4.78 is 0. The van der Waals surface area contributed by atoms with Gasteiger partial charge in [-0.3, -0.25) is 4.79 Å². The van der Waals surface area contributed by atoms with Gasteiger partial charge < -0.3 is 11.1 Å². The van der Waals surface area contributed by atoms with E-state index in [1.807, 2.05) is 19.2 Å². The molecule has 2 rings (SSSR count). The summed E-state index contributed by atoms with van der Waals surface area (Å²) in [6.07, 6.45) is 6.16. The number of aromatic nitrogens is 2. The van der Waals surface area contributed by atoms with Gasteiger partial charge in [0.25, 0.3) is 0 Å². The third-order valence-corrected chi connectivity index (χ3v) is 4.32. The second-order valence-corrected chi connectivity index (χ2v) is 5.95. The molecule has 0 aliphatic rings. The normalized spacial score (nSPS) is 12.7. The number of nitrogens with two attached hydrogens (primary N) is 1. The van der Waals surface area contributed by atoms with E-state index in [9.17, 15) is 4.79 Å². The van der Waals surface area contributed by atoms with E-state index in [1.54, 1.807) is 0 Å². The number of hydrogen-bond acceptors (Lipinski definition) is 6. The largest absolute Gasteiger partial charge is 0.333 e. The SMILES string of the molecule is CCC/C(=C\C(CC)NC)c1ccc2nc(C=O)sc2n1.CN. The Balaban J connectivity index is 0.00000127. The standard InChI is InChI=1S/C16H21N3OS.CH5N/c1-4-6-11(9-12(5-2)17-3)13-7-8-14-16(19-13)21-15(10-20)18-14;1-2/h7-10,12,17H,4-6H2,1-3H3;2H2,1H3/b11-9+;. The fourth-order valence-electron chi connectivity index (χ4n) is 2.28. The molecule has 0 fully saturated rings. The Bertz CT molecular complexity index is 647. The van der Waals surface area contributed by atoms with Crippen molar-refractivity contribution in [3.05, 3.63) is 28.9 Å². The van der Waals surface area contributed by atoms with Gasteiger partial charge in [-0.2, -0.15) is 0 Å². The Morgan fingerprint density at radius 3 is 2.65 bits per heavy atom. The Morgan fingerprint density at radius 1 is 1.35 bits per heavy atom. The third kappa shape index (κ3) is 5.20. The summed E-state index contributed by atoms with van der Waals surface area (Å²) in [6.45, 7) is 4.33. The molecule has 0 saturated heterocycles. The number of nitrogens with zero attached hydrogens (tertiary/aromatic N) is 2. The first-order valence-electron chi connectivity index (χ1n) is 7.90. The van der Waals surface area contributed by atoms with Crippen molar-refractivity contribution in [3.8, 4) is 0 Å². The molecule has 5 nitrogen and oxygen atoms in total. The Morgan fingerprint density at radius 2 is 2.09 bits per heavy atom. The molecule has 0 saturated carbocycles. The lowest BCUT2D eigenvalue weighted by Crippen LogP contribution is -2.21. The van der Waals surface area contributed by atoms with Gasteiger partial charge in [0.05, 0.1) is 5.69 Å². The molecular weight excluding hydrogens is 308 g/mol. The first-order valence-corrected chi connectivity index (χ1v) is 8.72. The molecule has 0 aromatic carbocycles. The number of hydrogen-bond donors (Lipinski definition) is 2. The smallest absolute Gasteiger partial charge is 0.178 e. The Kier molecular flexibility index (Phi) is 8.61. The lowest BCUT2D eigenvalue weighted by Gasteiger charge is -2.12. The predicted molar refractivity (Wildman–Crippen MR) is 98.9 cm³/mol. The molecule has 23 heavy (non-hydrogen) atoms. The van der Waals surface area contributed by atoms with Gasteiger partial charge in [0.2, 0.25) is 0 Å². The van der Waals surface area contributed by atoms with Crippen LogP contribution in [0.4, 0.5) is 0 Å². The summed E-state index contributed by atoms with van der Waals surface area (Å²) in [5.41, 5.74) is 7.53. The zero-order chi connectivity index (χ0) is 17.2. The minimum Gasteiger partial charge on any atom is -0.333 e. The average Bonchev–Trinajstić information content (AvgIpc) is 3.02. The van der Waals surface area contributed by atoms with Crippen LogP contribution in [0.3, 0.4) is 0 Å². The van der Waals surface area contributed by atoms with Crippen molar-refractivity contribution < 1.29 is 4.79 Å². The molecule has 0 bridgehead atoms. The molecular formula is C17H26N4OS. The van der Waals surface area contributed by atoms with Crippen LogP contribution in [-0.4, -0.2) is 36.4 Å². The van der Waals surface area contributed by atoms with Crippen molar-refractivity contribution in [1.29, 1.82) is 0 Å². The van der Waals surface area contributed by atoms with E-state index in [0.29, 0.717) is 11.0 Å². The summed E-state index contributed by atoms with van der Waals surface area (Å²) in [5.74, 6) is 0. The van der Waals surface area contributed by atoms with Gasteiger partial charge in [0, 0.05) is 6.04 Å². The number of thiazole rings is 1. The van der Waals surface area contributed by atoms with Gasteiger partial charge in [0.15, 0.2) is 11.3 Å². The van der Waals surface area contributed by atoms with Gasteiger partial charge in [0.1, 0.15) is 10.3 Å². The quantitative estimate of drug-likeness (QED) is 0.760. The van der Waals surface area contributed by atoms with Gasteiger partial charge in [-0.15, -0.1) is 0 Å².